The van der Waals surface area contributed by atoms with Crippen molar-refractivity contribution in [3.8, 4) is 0 Å². The minimum atomic E-state index is -3.78. The number of rotatable bonds is 5. The first-order chi connectivity index (χ1) is 13.7. The van der Waals surface area contributed by atoms with E-state index in [0.29, 0.717) is 5.56 Å². The van der Waals surface area contributed by atoms with Crippen LogP contribution in [0.5, 0.6) is 0 Å². The highest BCUT2D eigenvalue weighted by Crippen LogP contribution is 2.27. The van der Waals surface area contributed by atoms with Crippen LogP contribution < -0.4 is 5.32 Å². The second-order valence-corrected chi connectivity index (χ2v) is 9.29. The number of benzene rings is 2. The van der Waals surface area contributed by atoms with E-state index < -0.39 is 10.0 Å². The van der Waals surface area contributed by atoms with Crippen molar-refractivity contribution in [2.75, 3.05) is 6.54 Å². The van der Waals surface area contributed by atoms with Crippen LogP contribution in [0, 0.1) is 0 Å². The third kappa shape index (κ3) is 5.29. The predicted octanol–water partition coefficient (Wildman–Crippen LogP) is 2.78. The van der Waals surface area contributed by atoms with E-state index >= 15 is 0 Å². The van der Waals surface area contributed by atoms with Crippen molar-refractivity contribution in [3.05, 3.63) is 65.7 Å². The summed E-state index contributed by atoms with van der Waals surface area (Å²) >= 11 is 0. The fourth-order valence-corrected chi connectivity index (χ4v) is 4.06. The monoisotopic (exact) mass is 412 g/mol. The van der Waals surface area contributed by atoms with Crippen molar-refractivity contribution in [2.45, 2.75) is 37.6 Å². The number of hydrazone groups is 1. The van der Waals surface area contributed by atoms with E-state index in [2.05, 4.69) is 14.8 Å². The van der Waals surface area contributed by atoms with Crippen LogP contribution in [0.3, 0.4) is 0 Å². The van der Waals surface area contributed by atoms with Crippen LogP contribution in [0.2, 0.25) is 0 Å². The molecule has 152 valence electrons. The lowest BCUT2D eigenvalue weighted by atomic mass is 10.1. The van der Waals surface area contributed by atoms with Gasteiger partial charge in [0.25, 0.3) is 10.0 Å². The van der Waals surface area contributed by atoms with Crippen LogP contribution in [0.25, 0.3) is 0 Å². The Labute approximate surface area is 171 Å². The van der Waals surface area contributed by atoms with Crippen molar-refractivity contribution in [3.63, 3.8) is 0 Å². The summed E-state index contributed by atoms with van der Waals surface area (Å²) in [5.74, 6) is 0.0727. The number of amides is 1. The average Bonchev–Trinajstić information content (AvgIpc) is 2.93. The van der Waals surface area contributed by atoms with Gasteiger partial charge in [0.1, 0.15) is 4.90 Å². The molecule has 0 bridgehead atoms. The molecule has 0 saturated heterocycles. The van der Waals surface area contributed by atoms with E-state index in [1.807, 2.05) is 51.1 Å². The van der Waals surface area contributed by atoms with E-state index in [-0.39, 0.29) is 35.1 Å². The maximum atomic E-state index is 12.4. The molecule has 0 atom stereocenters. The normalized spacial score (nSPS) is 15.1. The Bertz CT molecular complexity index is 1050. The molecular formula is C21H24N4O3S. The van der Waals surface area contributed by atoms with Gasteiger partial charge in [-0.15, -0.1) is 4.40 Å². The van der Waals surface area contributed by atoms with Gasteiger partial charge >= 0.3 is 0 Å². The molecule has 0 fully saturated rings. The fraction of sp³-hybridized carbons (Fsp3) is 0.286. The largest absolute Gasteiger partial charge is 0.351 e. The number of nitrogens with one attached hydrogen (secondary N) is 1. The lowest BCUT2D eigenvalue weighted by Crippen LogP contribution is -2.42. The van der Waals surface area contributed by atoms with Gasteiger partial charge in [0, 0.05) is 17.5 Å². The van der Waals surface area contributed by atoms with Crippen LogP contribution in [-0.4, -0.2) is 43.5 Å². The Morgan fingerprint density at radius 1 is 1.10 bits per heavy atom. The second kappa shape index (κ2) is 8.16. The van der Waals surface area contributed by atoms with Gasteiger partial charge < -0.3 is 5.32 Å². The highest BCUT2D eigenvalue weighted by atomic mass is 32.2. The maximum absolute atomic E-state index is 12.4. The molecule has 1 aliphatic heterocycles. The number of hydrogen-bond acceptors (Lipinski definition) is 5. The third-order valence-electron chi connectivity index (χ3n) is 4.07. The standard InChI is InChI=1S/C21H24N4O3S/c1-21(2,3)23-19(26)13-14-25(22-15-16-9-5-4-6-10-16)20-17-11-7-8-12-18(17)29(27,28)24-20/h4-12,15H,13-14H2,1-3H3,(H,23,26)/b22-15-. The van der Waals surface area contributed by atoms with Crippen LogP contribution in [0.1, 0.15) is 38.3 Å². The third-order valence-corrected chi connectivity index (χ3v) is 5.39. The summed E-state index contributed by atoms with van der Waals surface area (Å²) in [5.41, 5.74) is 0.982. The summed E-state index contributed by atoms with van der Waals surface area (Å²) in [6.45, 7) is 5.90. The topological polar surface area (TPSA) is 91.2 Å². The first-order valence-electron chi connectivity index (χ1n) is 9.28. The number of fused-ring (bicyclic) bond motifs is 1. The molecule has 3 rings (SSSR count). The first-order valence-corrected chi connectivity index (χ1v) is 10.7. The summed E-state index contributed by atoms with van der Waals surface area (Å²) in [6, 6.07) is 16.1. The molecule has 0 aromatic heterocycles. The number of carbonyl (C=O) groups excluding carboxylic acids is 1. The highest BCUT2D eigenvalue weighted by molar-refractivity contribution is 7.90. The lowest BCUT2D eigenvalue weighted by Gasteiger charge is -2.22. The molecule has 8 heteroatoms. The zero-order chi connectivity index (χ0) is 21.1. The SMILES string of the molecule is CC(C)(C)NC(=O)CCN(/N=C\c1ccccc1)C1=NS(=O)(=O)c2ccccc21. The van der Waals surface area contributed by atoms with Crippen molar-refractivity contribution < 1.29 is 13.2 Å². The maximum Gasteiger partial charge on any atom is 0.285 e. The van der Waals surface area contributed by atoms with Crippen LogP contribution in [-0.2, 0) is 14.8 Å². The minimum absolute atomic E-state index is 0.143. The number of nitrogens with zero attached hydrogens (tertiary/aromatic N) is 3. The summed E-state index contributed by atoms with van der Waals surface area (Å²) in [7, 11) is -3.78. The van der Waals surface area contributed by atoms with E-state index in [1.54, 1.807) is 24.4 Å². The van der Waals surface area contributed by atoms with Crippen molar-refractivity contribution >= 4 is 28.0 Å². The molecule has 0 radical (unpaired) electrons. The highest BCUT2D eigenvalue weighted by Gasteiger charge is 2.32. The number of amidine groups is 1. The number of hydrogen-bond donors (Lipinski definition) is 1. The molecule has 0 saturated carbocycles. The predicted molar refractivity (Wildman–Crippen MR) is 113 cm³/mol. The molecule has 1 aliphatic rings. The Kier molecular flexibility index (Phi) is 5.83. The van der Waals surface area contributed by atoms with E-state index in [0.717, 1.165) is 5.56 Å². The molecule has 1 N–H and O–H groups in total. The molecule has 0 unspecified atom stereocenters. The second-order valence-electron chi connectivity index (χ2n) is 7.71. The quantitative estimate of drug-likeness (QED) is 0.604. The van der Waals surface area contributed by atoms with Crippen LogP contribution >= 0.6 is 0 Å². The first kappa shape index (κ1) is 20.7. The van der Waals surface area contributed by atoms with Gasteiger partial charge in [-0.2, -0.15) is 13.5 Å². The molecule has 7 nitrogen and oxygen atoms in total. The fourth-order valence-electron chi connectivity index (χ4n) is 2.86. The zero-order valence-electron chi connectivity index (χ0n) is 16.7. The van der Waals surface area contributed by atoms with Gasteiger partial charge in [-0.25, -0.2) is 5.01 Å². The van der Waals surface area contributed by atoms with Crippen molar-refractivity contribution in [1.82, 2.24) is 10.3 Å². The molecule has 1 amide bonds. The Hall–Kier alpha value is -3.00. The molecule has 29 heavy (non-hydrogen) atoms. The summed E-state index contributed by atoms with van der Waals surface area (Å²) in [5, 5.41) is 8.81. The van der Waals surface area contributed by atoms with Crippen molar-refractivity contribution in [1.29, 1.82) is 0 Å². The van der Waals surface area contributed by atoms with Gasteiger partial charge in [-0.1, -0.05) is 42.5 Å². The molecule has 2 aromatic carbocycles. The summed E-state index contributed by atoms with van der Waals surface area (Å²) in [4.78, 5) is 12.4. The van der Waals surface area contributed by atoms with E-state index in [1.165, 1.54) is 11.1 Å². The Balaban J connectivity index is 1.89. The summed E-state index contributed by atoms with van der Waals surface area (Å²) < 4.78 is 28.8. The smallest absolute Gasteiger partial charge is 0.285 e. The molecule has 1 heterocycles. The average molecular weight is 413 g/mol. The van der Waals surface area contributed by atoms with Gasteiger partial charge in [-0.05, 0) is 38.5 Å². The van der Waals surface area contributed by atoms with Crippen LogP contribution in [0.15, 0.2) is 69.0 Å². The summed E-state index contributed by atoms with van der Waals surface area (Å²) in [6.07, 6.45) is 1.77. The Morgan fingerprint density at radius 2 is 1.76 bits per heavy atom. The van der Waals surface area contributed by atoms with E-state index in [9.17, 15) is 13.2 Å². The van der Waals surface area contributed by atoms with Gasteiger partial charge in [0.15, 0.2) is 5.84 Å². The van der Waals surface area contributed by atoms with Gasteiger partial charge in [-0.3, -0.25) is 4.79 Å². The molecule has 2 aromatic rings. The number of carbonyl (C=O) groups is 1. The lowest BCUT2D eigenvalue weighted by molar-refractivity contribution is -0.122. The van der Waals surface area contributed by atoms with E-state index in [4.69, 9.17) is 0 Å². The zero-order valence-corrected chi connectivity index (χ0v) is 17.5. The Morgan fingerprint density at radius 3 is 2.45 bits per heavy atom. The van der Waals surface area contributed by atoms with Crippen LogP contribution in [0.4, 0.5) is 0 Å². The molecule has 0 aliphatic carbocycles. The molecule has 0 spiro atoms. The molecular weight excluding hydrogens is 388 g/mol. The number of sulfonamides is 1. The van der Waals surface area contributed by atoms with Gasteiger partial charge in [0.05, 0.1) is 12.8 Å². The minimum Gasteiger partial charge on any atom is -0.351 e. The van der Waals surface area contributed by atoms with Gasteiger partial charge in [0.2, 0.25) is 5.91 Å². The van der Waals surface area contributed by atoms with Crippen molar-refractivity contribution in [2.24, 2.45) is 9.50 Å².